The summed E-state index contributed by atoms with van der Waals surface area (Å²) in [7, 11) is -3.16. The van der Waals surface area contributed by atoms with Crippen LogP contribution in [0.4, 0.5) is 5.69 Å². The number of sulfone groups is 1. The van der Waals surface area contributed by atoms with E-state index in [1.807, 2.05) is 13.0 Å². The normalized spacial score (nSPS) is 25.9. The van der Waals surface area contributed by atoms with E-state index in [0.29, 0.717) is 36.0 Å². The standard InChI is InChI=1S/C25H36ClN3O4S/c1-17-14-28(9-10-29(17)25(31)19-6-3-4-7-19)15-21-12-22(26)13-23(18(21)2)27-24(30)20-8-5-11-34(32,33)16-20/h12-13,17,19-20H,3-11,14-16H2,1-2H3,(H,27,30). The van der Waals surface area contributed by atoms with E-state index in [1.54, 1.807) is 6.07 Å². The number of hydrogen-bond acceptors (Lipinski definition) is 5. The first-order valence-electron chi connectivity index (χ1n) is 12.5. The predicted octanol–water partition coefficient (Wildman–Crippen LogP) is 3.63. The minimum atomic E-state index is -3.16. The average Bonchev–Trinajstić information content (AvgIpc) is 3.31. The fourth-order valence-corrected chi connectivity index (χ4v) is 7.59. The summed E-state index contributed by atoms with van der Waals surface area (Å²) < 4.78 is 23.9. The van der Waals surface area contributed by atoms with Gasteiger partial charge in [-0.2, -0.15) is 0 Å². The molecule has 188 valence electrons. The van der Waals surface area contributed by atoms with Gasteiger partial charge in [0.2, 0.25) is 11.8 Å². The lowest BCUT2D eigenvalue weighted by Crippen LogP contribution is -2.54. The third-order valence-corrected chi connectivity index (χ3v) is 9.70. The van der Waals surface area contributed by atoms with E-state index < -0.39 is 15.8 Å². The quantitative estimate of drug-likeness (QED) is 0.655. The van der Waals surface area contributed by atoms with Crippen LogP contribution >= 0.6 is 11.6 Å². The number of carbonyl (C=O) groups excluding carboxylic acids is 2. The third-order valence-electron chi connectivity index (χ3n) is 7.66. The summed E-state index contributed by atoms with van der Waals surface area (Å²) in [5.74, 6) is -0.186. The Morgan fingerprint density at radius 1 is 1.09 bits per heavy atom. The number of nitrogens with one attached hydrogen (secondary N) is 1. The molecule has 0 bridgehead atoms. The van der Waals surface area contributed by atoms with Crippen LogP contribution in [0.3, 0.4) is 0 Å². The summed E-state index contributed by atoms with van der Waals surface area (Å²) in [6.07, 6.45) is 5.47. The number of piperazine rings is 1. The Bertz CT molecular complexity index is 1040. The van der Waals surface area contributed by atoms with E-state index in [0.717, 1.165) is 56.4 Å². The fraction of sp³-hybridized carbons (Fsp3) is 0.680. The smallest absolute Gasteiger partial charge is 0.228 e. The monoisotopic (exact) mass is 509 g/mol. The summed E-state index contributed by atoms with van der Waals surface area (Å²) in [5, 5.41) is 3.48. The fourth-order valence-electron chi connectivity index (χ4n) is 5.65. The highest BCUT2D eigenvalue weighted by atomic mass is 35.5. The minimum absolute atomic E-state index is 0.0902. The average molecular weight is 510 g/mol. The first kappa shape index (κ1) is 25.5. The van der Waals surface area contributed by atoms with Crippen molar-refractivity contribution in [3.63, 3.8) is 0 Å². The summed E-state index contributed by atoms with van der Waals surface area (Å²) in [6.45, 7) is 7.09. The van der Waals surface area contributed by atoms with Crippen molar-refractivity contribution in [1.29, 1.82) is 0 Å². The maximum absolute atomic E-state index is 12.9. The zero-order chi connectivity index (χ0) is 24.5. The molecule has 2 unspecified atom stereocenters. The molecule has 4 rings (SSSR count). The van der Waals surface area contributed by atoms with Gasteiger partial charge in [-0.3, -0.25) is 14.5 Å². The van der Waals surface area contributed by atoms with Crippen molar-refractivity contribution in [1.82, 2.24) is 9.80 Å². The number of rotatable bonds is 5. The van der Waals surface area contributed by atoms with Crippen LogP contribution in [0.5, 0.6) is 0 Å². The highest BCUT2D eigenvalue weighted by Gasteiger charge is 2.33. The number of hydrogen-bond donors (Lipinski definition) is 1. The number of amides is 2. The van der Waals surface area contributed by atoms with E-state index in [4.69, 9.17) is 11.6 Å². The van der Waals surface area contributed by atoms with Gasteiger partial charge >= 0.3 is 0 Å². The van der Waals surface area contributed by atoms with Gasteiger partial charge in [0, 0.05) is 48.8 Å². The van der Waals surface area contributed by atoms with Crippen LogP contribution in [0.25, 0.3) is 0 Å². The van der Waals surface area contributed by atoms with Gasteiger partial charge in [-0.05, 0) is 62.8 Å². The lowest BCUT2D eigenvalue weighted by molar-refractivity contribution is -0.140. The van der Waals surface area contributed by atoms with Crippen LogP contribution in [-0.2, 0) is 26.0 Å². The number of carbonyl (C=O) groups is 2. The number of benzene rings is 1. The SMILES string of the molecule is Cc1c(CN2CCN(C(=O)C3CCCC3)C(C)C2)cc(Cl)cc1NC(=O)C1CCCS(=O)(=O)C1. The molecule has 1 aliphatic carbocycles. The van der Waals surface area contributed by atoms with Crippen molar-refractivity contribution in [2.24, 2.45) is 11.8 Å². The Labute approximate surface area is 208 Å². The Morgan fingerprint density at radius 3 is 2.47 bits per heavy atom. The molecule has 3 fully saturated rings. The molecule has 1 N–H and O–H groups in total. The molecule has 2 aliphatic heterocycles. The number of halogens is 1. The van der Waals surface area contributed by atoms with Crippen LogP contribution in [0.1, 0.15) is 56.6 Å². The molecule has 3 aliphatic rings. The Kier molecular flexibility index (Phi) is 7.89. The number of anilines is 1. The molecular weight excluding hydrogens is 474 g/mol. The van der Waals surface area contributed by atoms with Crippen LogP contribution in [-0.4, -0.2) is 67.2 Å². The van der Waals surface area contributed by atoms with Gasteiger partial charge in [-0.1, -0.05) is 24.4 Å². The minimum Gasteiger partial charge on any atom is -0.337 e. The second-order valence-corrected chi connectivity index (χ2v) is 12.9. The maximum Gasteiger partial charge on any atom is 0.228 e. The predicted molar refractivity (Wildman–Crippen MR) is 135 cm³/mol. The third kappa shape index (κ3) is 5.94. The van der Waals surface area contributed by atoms with E-state index in [9.17, 15) is 18.0 Å². The molecule has 2 atom stereocenters. The molecule has 9 heteroatoms. The highest BCUT2D eigenvalue weighted by Crippen LogP contribution is 2.30. The molecule has 2 saturated heterocycles. The summed E-state index contributed by atoms with van der Waals surface area (Å²) >= 11 is 6.40. The van der Waals surface area contributed by atoms with Gasteiger partial charge in [-0.25, -0.2) is 8.42 Å². The second-order valence-electron chi connectivity index (χ2n) is 10.3. The molecule has 0 radical (unpaired) electrons. The largest absolute Gasteiger partial charge is 0.337 e. The van der Waals surface area contributed by atoms with Crippen molar-refractivity contribution in [3.8, 4) is 0 Å². The lowest BCUT2D eigenvalue weighted by atomic mass is 10.0. The molecular formula is C25H36ClN3O4S. The van der Waals surface area contributed by atoms with Crippen molar-refractivity contribution in [2.75, 3.05) is 36.5 Å². The van der Waals surface area contributed by atoms with E-state index in [-0.39, 0.29) is 29.4 Å². The molecule has 1 saturated carbocycles. The van der Waals surface area contributed by atoms with Crippen molar-refractivity contribution in [2.45, 2.75) is 65.0 Å². The van der Waals surface area contributed by atoms with Gasteiger partial charge in [0.25, 0.3) is 0 Å². The number of nitrogens with zero attached hydrogens (tertiary/aromatic N) is 2. The lowest BCUT2D eigenvalue weighted by Gasteiger charge is -2.41. The topological polar surface area (TPSA) is 86.8 Å². The Hall–Kier alpha value is -1.64. The first-order chi connectivity index (χ1) is 16.1. The van der Waals surface area contributed by atoms with Crippen LogP contribution in [0, 0.1) is 18.8 Å². The highest BCUT2D eigenvalue weighted by molar-refractivity contribution is 7.91. The van der Waals surface area contributed by atoms with Crippen molar-refractivity contribution < 1.29 is 18.0 Å². The molecule has 0 aromatic heterocycles. The Morgan fingerprint density at radius 2 is 1.79 bits per heavy atom. The summed E-state index contributed by atoms with van der Waals surface area (Å²) in [6, 6.07) is 3.82. The summed E-state index contributed by atoms with van der Waals surface area (Å²) in [5.41, 5.74) is 2.61. The van der Waals surface area contributed by atoms with Crippen LogP contribution in [0.15, 0.2) is 12.1 Å². The van der Waals surface area contributed by atoms with E-state index in [2.05, 4.69) is 22.0 Å². The van der Waals surface area contributed by atoms with Gasteiger partial charge in [-0.15, -0.1) is 0 Å². The zero-order valence-corrected chi connectivity index (χ0v) is 21.8. The molecule has 0 spiro atoms. The van der Waals surface area contributed by atoms with Crippen LogP contribution in [0.2, 0.25) is 5.02 Å². The maximum atomic E-state index is 12.9. The second kappa shape index (κ2) is 10.5. The van der Waals surface area contributed by atoms with Crippen LogP contribution < -0.4 is 5.32 Å². The molecule has 2 amide bonds. The van der Waals surface area contributed by atoms with E-state index >= 15 is 0 Å². The molecule has 1 aromatic rings. The molecule has 34 heavy (non-hydrogen) atoms. The molecule has 2 heterocycles. The Balaban J connectivity index is 1.40. The molecule has 1 aromatic carbocycles. The van der Waals surface area contributed by atoms with Crippen molar-refractivity contribution in [3.05, 3.63) is 28.3 Å². The van der Waals surface area contributed by atoms with Crippen molar-refractivity contribution >= 4 is 38.9 Å². The van der Waals surface area contributed by atoms with Gasteiger partial charge in [0.15, 0.2) is 9.84 Å². The van der Waals surface area contributed by atoms with Gasteiger partial charge in [0.1, 0.15) is 0 Å². The zero-order valence-electron chi connectivity index (χ0n) is 20.2. The summed E-state index contributed by atoms with van der Waals surface area (Å²) in [4.78, 5) is 30.1. The van der Waals surface area contributed by atoms with E-state index in [1.165, 1.54) is 0 Å². The van der Waals surface area contributed by atoms with Gasteiger partial charge in [0.05, 0.1) is 17.4 Å². The molecule has 7 nitrogen and oxygen atoms in total. The first-order valence-corrected chi connectivity index (χ1v) is 14.7. The van der Waals surface area contributed by atoms with Gasteiger partial charge < -0.3 is 10.2 Å².